The molecule has 0 aromatic heterocycles. The van der Waals surface area contributed by atoms with E-state index < -0.39 is 0 Å². The Morgan fingerprint density at radius 3 is 2.73 bits per heavy atom. The molecule has 1 aliphatic heterocycles. The topological polar surface area (TPSA) is 32.3 Å². The van der Waals surface area contributed by atoms with E-state index in [2.05, 4.69) is 40.3 Å². The lowest BCUT2D eigenvalue weighted by Gasteiger charge is -2.25. The van der Waals surface area contributed by atoms with Gasteiger partial charge in [0.2, 0.25) is 5.91 Å². The van der Waals surface area contributed by atoms with Crippen LogP contribution in [0.3, 0.4) is 0 Å². The smallest absolute Gasteiger partial charge is 0.222 e. The molecule has 2 rings (SSSR count). The van der Waals surface area contributed by atoms with E-state index in [1.807, 2.05) is 17.0 Å². The Morgan fingerprint density at radius 2 is 2.09 bits per heavy atom. The SMILES string of the molecule is CCN(Cc1cccc(Br)c1)C(=O)CCC1CCNCC1.Cl. The fourth-order valence-electron chi connectivity index (χ4n) is 2.89. The van der Waals surface area contributed by atoms with Gasteiger partial charge >= 0.3 is 0 Å². The number of amides is 1. The van der Waals surface area contributed by atoms with E-state index in [1.54, 1.807) is 0 Å². The molecular formula is C17H26BrClN2O. The van der Waals surface area contributed by atoms with Gasteiger partial charge in [0.15, 0.2) is 0 Å². The number of carbonyl (C=O) groups is 1. The minimum absolute atomic E-state index is 0. The van der Waals surface area contributed by atoms with Gasteiger partial charge < -0.3 is 10.2 Å². The van der Waals surface area contributed by atoms with Crippen LogP contribution in [0.2, 0.25) is 0 Å². The van der Waals surface area contributed by atoms with Crippen LogP contribution in [0.1, 0.15) is 38.2 Å². The van der Waals surface area contributed by atoms with Crippen LogP contribution in [-0.2, 0) is 11.3 Å². The van der Waals surface area contributed by atoms with Crippen LogP contribution in [0.5, 0.6) is 0 Å². The van der Waals surface area contributed by atoms with Crippen molar-refractivity contribution >= 4 is 34.2 Å². The molecule has 1 aliphatic rings. The summed E-state index contributed by atoms with van der Waals surface area (Å²) < 4.78 is 1.07. The van der Waals surface area contributed by atoms with Crippen molar-refractivity contribution in [2.75, 3.05) is 19.6 Å². The maximum Gasteiger partial charge on any atom is 0.222 e. The number of halogens is 2. The third-order valence-electron chi connectivity index (χ3n) is 4.22. The average Bonchev–Trinajstić information content (AvgIpc) is 2.51. The molecule has 0 spiro atoms. The molecule has 1 N–H and O–H groups in total. The Bertz CT molecular complexity index is 464. The Labute approximate surface area is 148 Å². The molecule has 124 valence electrons. The van der Waals surface area contributed by atoms with Gasteiger partial charge in [0, 0.05) is 24.0 Å². The highest BCUT2D eigenvalue weighted by Gasteiger charge is 2.17. The van der Waals surface area contributed by atoms with Crippen molar-refractivity contribution in [3.05, 3.63) is 34.3 Å². The predicted molar refractivity (Wildman–Crippen MR) is 97.3 cm³/mol. The second-order valence-corrected chi connectivity index (χ2v) is 6.69. The van der Waals surface area contributed by atoms with Crippen LogP contribution in [0.4, 0.5) is 0 Å². The molecule has 0 atom stereocenters. The molecule has 1 amide bonds. The van der Waals surface area contributed by atoms with Crippen molar-refractivity contribution in [1.29, 1.82) is 0 Å². The number of hydrogen-bond acceptors (Lipinski definition) is 2. The van der Waals surface area contributed by atoms with Gasteiger partial charge in [-0.15, -0.1) is 12.4 Å². The third-order valence-corrected chi connectivity index (χ3v) is 4.72. The van der Waals surface area contributed by atoms with Gasteiger partial charge in [-0.25, -0.2) is 0 Å². The van der Waals surface area contributed by atoms with Crippen LogP contribution < -0.4 is 5.32 Å². The summed E-state index contributed by atoms with van der Waals surface area (Å²) in [7, 11) is 0. The fourth-order valence-corrected chi connectivity index (χ4v) is 3.33. The number of benzene rings is 1. The first-order valence-corrected chi connectivity index (χ1v) is 8.71. The number of carbonyl (C=O) groups excluding carboxylic acids is 1. The first-order valence-electron chi connectivity index (χ1n) is 7.92. The monoisotopic (exact) mass is 388 g/mol. The maximum absolute atomic E-state index is 12.4. The minimum atomic E-state index is 0. The van der Waals surface area contributed by atoms with Gasteiger partial charge in [-0.05, 0) is 62.9 Å². The minimum Gasteiger partial charge on any atom is -0.339 e. The fraction of sp³-hybridized carbons (Fsp3) is 0.588. The van der Waals surface area contributed by atoms with Crippen LogP contribution in [0.15, 0.2) is 28.7 Å². The lowest BCUT2D eigenvalue weighted by molar-refractivity contribution is -0.132. The van der Waals surface area contributed by atoms with E-state index in [9.17, 15) is 4.79 Å². The second-order valence-electron chi connectivity index (χ2n) is 5.77. The average molecular weight is 390 g/mol. The Balaban J connectivity index is 0.00000242. The van der Waals surface area contributed by atoms with E-state index in [0.29, 0.717) is 13.0 Å². The van der Waals surface area contributed by atoms with Crippen molar-refractivity contribution in [2.45, 2.75) is 39.2 Å². The third kappa shape index (κ3) is 6.27. The number of hydrogen-bond donors (Lipinski definition) is 1. The molecular weight excluding hydrogens is 364 g/mol. The van der Waals surface area contributed by atoms with Crippen LogP contribution in [0.25, 0.3) is 0 Å². The predicted octanol–water partition coefficient (Wildman–Crippen LogP) is 4.00. The van der Waals surface area contributed by atoms with E-state index in [-0.39, 0.29) is 18.3 Å². The lowest BCUT2D eigenvalue weighted by atomic mass is 9.93. The molecule has 5 heteroatoms. The van der Waals surface area contributed by atoms with Gasteiger partial charge in [-0.1, -0.05) is 28.1 Å². The molecule has 1 aromatic carbocycles. The molecule has 0 radical (unpaired) electrons. The van der Waals surface area contributed by atoms with Crippen molar-refractivity contribution in [2.24, 2.45) is 5.92 Å². The summed E-state index contributed by atoms with van der Waals surface area (Å²) in [6.45, 7) is 5.75. The molecule has 1 saturated heterocycles. The first-order chi connectivity index (χ1) is 10.2. The molecule has 22 heavy (non-hydrogen) atoms. The highest BCUT2D eigenvalue weighted by atomic mass is 79.9. The van der Waals surface area contributed by atoms with Crippen molar-refractivity contribution < 1.29 is 4.79 Å². The van der Waals surface area contributed by atoms with E-state index in [0.717, 1.165) is 36.4 Å². The molecule has 0 bridgehead atoms. The normalized spacial score (nSPS) is 15.2. The summed E-state index contributed by atoms with van der Waals surface area (Å²) in [5.41, 5.74) is 1.18. The zero-order chi connectivity index (χ0) is 15.1. The molecule has 1 fully saturated rings. The van der Waals surface area contributed by atoms with Gasteiger partial charge in [0.25, 0.3) is 0 Å². The zero-order valence-corrected chi connectivity index (χ0v) is 15.6. The van der Waals surface area contributed by atoms with Crippen molar-refractivity contribution in [3.8, 4) is 0 Å². The first kappa shape index (κ1) is 19.5. The van der Waals surface area contributed by atoms with E-state index in [1.165, 1.54) is 18.4 Å². The highest BCUT2D eigenvalue weighted by Crippen LogP contribution is 2.19. The molecule has 3 nitrogen and oxygen atoms in total. The van der Waals surface area contributed by atoms with E-state index in [4.69, 9.17) is 0 Å². The van der Waals surface area contributed by atoms with Crippen LogP contribution in [-0.4, -0.2) is 30.4 Å². The molecule has 0 unspecified atom stereocenters. The van der Waals surface area contributed by atoms with Crippen molar-refractivity contribution in [3.63, 3.8) is 0 Å². The number of nitrogens with zero attached hydrogens (tertiary/aromatic N) is 1. The largest absolute Gasteiger partial charge is 0.339 e. The van der Waals surface area contributed by atoms with Crippen LogP contribution >= 0.6 is 28.3 Å². The molecule has 0 aliphatic carbocycles. The highest BCUT2D eigenvalue weighted by molar-refractivity contribution is 9.10. The summed E-state index contributed by atoms with van der Waals surface area (Å²) in [5, 5.41) is 3.37. The number of rotatable bonds is 6. The van der Waals surface area contributed by atoms with Gasteiger partial charge in [-0.3, -0.25) is 4.79 Å². The maximum atomic E-state index is 12.4. The van der Waals surface area contributed by atoms with Gasteiger partial charge in [0.1, 0.15) is 0 Å². The van der Waals surface area contributed by atoms with Gasteiger partial charge in [0.05, 0.1) is 0 Å². The van der Waals surface area contributed by atoms with Crippen molar-refractivity contribution in [1.82, 2.24) is 10.2 Å². The lowest BCUT2D eigenvalue weighted by Crippen LogP contribution is -2.32. The van der Waals surface area contributed by atoms with Gasteiger partial charge in [-0.2, -0.15) is 0 Å². The number of piperidine rings is 1. The Kier molecular flexibility index (Phi) is 9.06. The standard InChI is InChI=1S/C17H25BrN2O.ClH/c1-2-20(13-15-4-3-5-16(18)12-15)17(21)7-6-14-8-10-19-11-9-14;/h3-5,12,14,19H,2,6-11,13H2,1H3;1H. The summed E-state index contributed by atoms with van der Waals surface area (Å²) in [5.74, 6) is 1.01. The summed E-state index contributed by atoms with van der Waals surface area (Å²) >= 11 is 3.48. The summed E-state index contributed by atoms with van der Waals surface area (Å²) in [6, 6.07) is 8.20. The molecule has 0 saturated carbocycles. The summed E-state index contributed by atoms with van der Waals surface area (Å²) in [6.07, 6.45) is 4.15. The molecule has 1 aromatic rings. The Hall–Kier alpha value is -0.580. The van der Waals surface area contributed by atoms with E-state index >= 15 is 0 Å². The Morgan fingerprint density at radius 1 is 1.36 bits per heavy atom. The zero-order valence-electron chi connectivity index (χ0n) is 13.2. The summed E-state index contributed by atoms with van der Waals surface area (Å²) in [4.78, 5) is 14.4. The molecule has 1 heterocycles. The second kappa shape index (κ2) is 10.2. The quantitative estimate of drug-likeness (QED) is 0.797. The van der Waals surface area contributed by atoms with Crippen LogP contribution in [0, 0.1) is 5.92 Å². The number of nitrogens with one attached hydrogen (secondary N) is 1.